The van der Waals surface area contributed by atoms with Crippen molar-refractivity contribution in [1.82, 2.24) is 5.32 Å². The molecule has 1 fully saturated rings. The molecule has 0 aliphatic carbocycles. The lowest BCUT2D eigenvalue weighted by molar-refractivity contribution is -0.146. The summed E-state index contributed by atoms with van der Waals surface area (Å²) in [5.41, 5.74) is 1.27. The second-order valence-electron chi connectivity index (χ2n) is 7.15. The van der Waals surface area contributed by atoms with Crippen molar-refractivity contribution < 1.29 is 33.3 Å². The third kappa shape index (κ3) is 7.09. The van der Waals surface area contributed by atoms with Crippen LogP contribution in [0.1, 0.15) is 23.5 Å². The maximum atomic E-state index is 12.5. The van der Waals surface area contributed by atoms with Gasteiger partial charge in [0.2, 0.25) is 0 Å². The van der Waals surface area contributed by atoms with E-state index in [1.807, 2.05) is 19.9 Å². The van der Waals surface area contributed by atoms with Gasteiger partial charge in [0.1, 0.15) is 18.0 Å². The van der Waals surface area contributed by atoms with Crippen LogP contribution in [0.4, 0.5) is 11.4 Å². The molecule has 3 rings (SSSR count). The van der Waals surface area contributed by atoms with Crippen LogP contribution in [0, 0.1) is 0 Å². The molecule has 0 spiro atoms. The number of hydrogen-bond donors (Lipinski definition) is 2. The van der Waals surface area contributed by atoms with Gasteiger partial charge in [-0.2, -0.15) is 0 Å². The Morgan fingerprint density at radius 3 is 2.50 bits per heavy atom. The molecular weight excluding hydrogens is 462 g/mol. The molecule has 1 aromatic heterocycles. The van der Waals surface area contributed by atoms with Crippen molar-refractivity contribution in [1.29, 1.82) is 0 Å². The minimum atomic E-state index is -0.720. The summed E-state index contributed by atoms with van der Waals surface area (Å²) in [6.07, 6.45) is 0. The van der Waals surface area contributed by atoms with Gasteiger partial charge in [0.15, 0.2) is 6.61 Å². The van der Waals surface area contributed by atoms with E-state index in [1.165, 1.54) is 11.3 Å². The Morgan fingerprint density at radius 2 is 1.82 bits per heavy atom. The van der Waals surface area contributed by atoms with Crippen LogP contribution in [0.5, 0.6) is 11.5 Å². The van der Waals surface area contributed by atoms with Crippen LogP contribution in [0.15, 0.2) is 29.6 Å². The van der Waals surface area contributed by atoms with E-state index in [-0.39, 0.29) is 12.5 Å². The number of carbonyl (C=O) groups is 3. The largest absolute Gasteiger partial charge is 0.492 e. The molecular formula is C23H29N3O7S. The molecule has 1 aromatic carbocycles. The highest BCUT2D eigenvalue weighted by molar-refractivity contribution is 7.12. The minimum absolute atomic E-state index is 0.336. The lowest BCUT2D eigenvalue weighted by Crippen LogP contribution is -2.36. The van der Waals surface area contributed by atoms with Crippen LogP contribution < -0.4 is 25.0 Å². The number of nitrogens with zero attached hydrogens (tertiary/aromatic N) is 1. The second-order valence-corrected chi connectivity index (χ2v) is 8.10. The minimum Gasteiger partial charge on any atom is -0.492 e. The van der Waals surface area contributed by atoms with Crippen molar-refractivity contribution in [2.45, 2.75) is 13.8 Å². The van der Waals surface area contributed by atoms with Crippen molar-refractivity contribution in [3.8, 4) is 11.5 Å². The SMILES string of the molecule is CCOc1cc(N2CCOCC2)c(OCC)cc1NC(=O)COC(=O)CNC(=O)c1cccs1. The highest BCUT2D eigenvalue weighted by Gasteiger charge is 2.21. The fourth-order valence-electron chi connectivity index (χ4n) is 3.27. The summed E-state index contributed by atoms with van der Waals surface area (Å²) in [5.74, 6) is -0.545. The molecule has 10 nitrogen and oxygen atoms in total. The molecule has 0 radical (unpaired) electrons. The molecule has 1 aliphatic heterocycles. The van der Waals surface area contributed by atoms with Crippen LogP contribution in [0.2, 0.25) is 0 Å². The van der Waals surface area contributed by atoms with Gasteiger partial charge in [-0.1, -0.05) is 6.07 Å². The Balaban J connectivity index is 1.61. The molecule has 0 unspecified atom stereocenters. The molecule has 0 atom stereocenters. The average Bonchev–Trinajstić information content (AvgIpc) is 3.39. The van der Waals surface area contributed by atoms with Crippen molar-refractivity contribution >= 4 is 40.5 Å². The fraction of sp³-hybridized carbons (Fsp3) is 0.435. The topological polar surface area (TPSA) is 115 Å². The first-order valence-electron chi connectivity index (χ1n) is 11.0. The predicted molar refractivity (Wildman–Crippen MR) is 128 cm³/mol. The first-order valence-corrected chi connectivity index (χ1v) is 11.9. The number of ether oxygens (including phenoxy) is 4. The van der Waals surface area contributed by atoms with E-state index < -0.39 is 18.5 Å². The number of thiophene rings is 1. The molecule has 2 heterocycles. The Hall–Kier alpha value is -3.31. The van der Waals surface area contributed by atoms with Gasteiger partial charge in [0, 0.05) is 25.2 Å². The average molecular weight is 492 g/mol. The zero-order valence-corrected chi connectivity index (χ0v) is 20.1. The van der Waals surface area contributed by atoms with E-state index >= 15 is 0 Å². The standard InChI is InChI=1S/C23H29N3O7S/c1-3-31-18-13-17(26-7-9-30-10-8-26)19(32-4-2)12-16(18)25-21(27)15-33-22(28)14-24-23(29)20-6-5-11-34-20/h5-6,11-13H,3-4,7-10,14-15H2,1-2H3,(H,24,29)(H,25,27). The van der Waals surface area contributed by atoms with E-state index in [0.29, 0.717) is 48.5 Å². The number of hydrogen-bond acceptors (Lipinski definition) is 9. The van der Waals surface area contributed by atoms with Crippen LogP contribution in [0.25, 0.3) is 0 Å². The van der Waals surface area contributed by atoms with Crippen molar-refractivity contribution in [3.63, 3.8) is 0 Å². The number of benzene rings is 1. The normalized spacial score (nSPS) is 13.2. The Morgan fingerprint density at radius 1 is 1.09 bits per heavy atom. The Bertz CT molecular complexity index is 975. The highest BCUT2D eigenvalue weighted by atomic mass is 32.1. The molecule has 11 heteroatoms. The fourth-order valence-corrected chi connectivity index (χ4v) is 3.92. The van der Waals surface area contributed by atoms with Gasteiger partial charge in [-0.05, 0) is 25.3 Å². The number of amides is 2. The monoisotopic (exact) mass is 491 g/mol. The van der Waals surface area contributed by atoms with Gasteiger partial charge >= 0.3 is 5.97 Å². The summed E-state index contributed by atoms with van der Waals surface area (Å²) >= 11 is 1.26. The highest BCUT2D eigenvalue weighted by Crippen LogP contribution is 2.39. The molecule has 0 bridgehead atoms. The van der Waals surface area contributed by atoms with Gasteiger partial charge in [0.05, 0.1) is 42.7 Å². The number of carbonyl (C=O) groups excluding carboxylic acids is 3. The first kappa shape index (κ1) is 25.3. The zero-order chi connectivity index (χ0) is 24.3. The van der Waals surface area contributed by atoms with E-state index in [2.05, 4.69) is 15.5 Å². The quantitative estimate of drug-likeness (QED) is 0.460. The van der Waals surface area contributed by atoms with Gasteiger partial charge in [0.25, 0.3) is 11.8 Å². The summed E-state index contributed by atoms with van der Waals surface area (Å²) in [6.45, 7) is 6.42. The van der Waals surface area contributed by atoms with Crippen LogP contribution in [-0.2, 0) is 19.1 Å². The number of rotatable bonds is 11. The Labute approximate surface area is 202 Å². The van der Waals surface area contributed by atoms with Gasteiger partial charge in [-0.3, -0.25) is 14.4 Å². The van der Waals surface area contributed by atoms with Gasteiger partial charge < -0.3 is 34.5 Å². The lowest BCUT2D eigenvalue weighted by atomic mass is 10.2. The summed E-state index contributed by atoms with van der Waals surface area (Å²) in [6, 6.07) is 6.93. The van der Waals surface area contributed by atoms with Crippen molar-refractivity contribution in [3.05, 3.63) is 34.5 Å². The van der Waals surface area contributed by atoms with E-state index in [0.717, 1.165) is 18.8 Å². The first-order chi connectivity index (χ1) is 16.5. The molecule has 2 aromatic rings. The second kappa shape index (κ2) is 12.8. The molecule has 2 N–H and O–H groups in total. The Kier molecular flexibility index (Phi) is 9.53. The molecule has 1 saturated heterocycles. The maximum Gasteiger partial charge on any atom is 0.325 e. The smallest absolute Gasteiger partial charge is 0.325 e. The third-order valence-corrected chi connectivity index (χ3v) is 5.66. The zero-order valence-electron chi connectivity index (χ0n) is 19.3. The summed E-state index contributed by atoms with van der Waals surface area (Å²) in [5, 5.41) is 6.94. The lowest BCUT2D eigenvalue weighted by Gasteiger charge is -2.31. The van der Waals surface area contributed by atoms with E-state index in [4.69, 9.17) is 18.9 Å². The summed E-state index contributed by atoms with van der Waals surface area (Å²) < 4.78 is 22.0. The number of morpholine rings is 1. The van der Waals surface area contributed by atoms with Crippen molar-refractivity contribution in [2.24, 2.45) is 0 Å². The number of esters is 1. The summed E-state index contributed by atoms with van der Waals surface area (Å²) in [4.78, 5) is 38.9. The van der Waals surface area contributed by atoms with Gasteiger partial charge in [-0.25, -0.2) is 0 Å². The van der Waals surface area contributed by atoms with Crippen LogP contribution >= 0.6 is 11.3 Å². The third-order valence-electron chi connectivity index (χ3n) is 4.79. The van der Waals surface area contributed by atoms with E-state index in [1.54, 1.807) is 23.6 Å². The predicted octanol–water partition coefficient (Wildman–Crippen LogP) is 2.29. The van der Waals surface area contributed by atoms with E-state index in [9.17, 15) is 14.4 Å². The molecule has 2 amide bonds. The maximum absolute atomic E-state index is 12.5. The van der Waals surface area contributed by atoms with Gasteiger partial charge in [-0.15, -0.1) is 11.3 Å². The molecule has 184 valence electrons. The molecule has 34 heavy (non-hydrogen) atoms. The number of nitrogens with one attached hydrogen (secondary N) is 2. The summed E-state index contributed by atoms with van der Waals surface area (Å²) in [7, 11) is 0. The van der Waals surface area contributed by atoms with Crippen LogP contribution in [0.3, 0.4) is 0 Å². The van der Waals surface area contributed by atoms with Crippen molar-refractivity contribution in [2.75, 3.05) is 62.9 Å². The number of anilines is 2. The molecule has 0 saturated carbocycles. The molecule has 1 aliphatic rings. The van der Waals surface area contributed by atoms with Crippen LogP contribution in [-0.4, -0.2) is 70.5 Å².